The third-order valence-electron chi connectivity index (χ3n) is 1.63. The number of rotatable bonds is 3. The molecule has 0 aliphatic carbocycles. The lowest BCUT2D eigenvalue weighted by molar-refractivity contribution is 0.0542. The minimum Gasteiger partial charge on any atom is -0.457 e. The van der Waals surface area contributed by atoms with Crippen LogP contribution in [0.1, 0.15) is 16.2 Å². The number of esters is 1. The van der Waals surface area contributed by atoms with Gasteiger partial charge in [0.25, 0.3) is 0 Å². The van der Waals surface area contributed by atoms with Gasteiger partial charge in [0.05, 0.1) is 5.69 Å². The van der Waals surface area contributed by atoms with E-state index in [1.165, 1.54) is 10.8 Å². The number of hydrogen-bond acceptors (Lipinski definition) is 4. The predicted molar refractivity (Wildman–Crippen MR) is 46.2 cm³/mol. The molecule has 13 heavy (non-hydrogen) atoms. The molecule has 0 fully saturated rings. The van der Waals surface area contributed by atoms with Crippen LogP contribution in [0.3, 0.4) is 0 Å². The average molecular weight is 181 g/mol. The van der Waals surface area contributed by atoms with Crippen molar-refractivity contribution >= 4 is 5.97 Å². The number of ether oxygens (including phenoxy) is 1. The summed E-state index contributed by atoms with van der Waals surface area (Å²) in [5.74, 6) is -0.467. The molecule has 5 nitrogen and oxygen atoms in total. The second-order valence-electron chi connectivity index (χ2n) is 2.53. The largest absolute Gasteiger partial charge is 0.457 e. The van der Waals surface area contributed by atoms with Gasteiger partial charge in [-0.1, -0.05) is 17.9 Å². The topological polar surface area (TPSA) is 57.0 Å². The zero-order valence-electron chi connectivity index (χ0n) is 7.65. The van der Waals surface area contributed by atoms with Gasteiger partial charge in [0, 0.05) is 7.05 Å². The summed E-state index contributed by atoms with van der Waals surface area (Å²) in [4.78, 5) is 11.3. The van der Waals surface area contributed by atoms with Crippen molar-refractivity contribution in [3.05, 3.63) is 24.0 Å². The van der Waals surface area contributed by atoms with Crippen molar-refractivity contribution in [2.75, 3.05) is 6.61 Å². The Kier molecular flexibility index (Phi) is 2.79. The Labute approximate surface area is 76.0 Å². The quantitative estimate of drug-likeness (QED) is 0.502. The highest BCUT2D eigenvalue weighted by molar-refractivity contribution is 5.88. The van der Waals surface area contributed by atoms with Crippen LogP contribution in [0.4, 0.5) is 0 Å². The van der Waals surface area contributed by atoms with E-state index in [0.29, 0.717) is 5.69 Å². The van der Waals surface area contributed by atoms with Crippen LogP contribution in [-0.2, 0) is 11.8 Å². The van der Waals surface area contributed by atoms with Crippen molar-refractivity contribution in [3.8, 4) is 0 Å². The van der Waals surface area contributed by atoms with Crippen molar-refractivity contribution in [1.29, 1.82) is 0 Å². The Morgan fingerprint density at radius 2 is 2.46 bits per heavy atom. The number of hydrogen-bond donors (Lipinski definition) is 0. The van der Waals surface area contributed by atoms with Gasteiger partial charge >= 0.3 is 5.97 Å². The second-order valence-corrected chi connectivity index (χ2v) is 2.53. The van der Waals surface area contributed by atoms with Gasteiger partial charge in [0.1, 0.15) is 6.61 Å². The first kappa shape index (κ1) is 9.44. The summed E-state index contributed by atoms with van der Waals surface area (Å²) in [6.07, 6.45) is 1.50. The molecule has 1 rings (SSSR count). The first-order chi connectivity index (χ1) is 6.16. The molecule has 0 atom stereocenters. The van der Waals surface area contributed by atoms with Crippen molar-refractivity contribution in [3.63, 3.8) is 0 Å². The van der Waals surface area contributed by atoms with E-state index in [1.54, 1.807) is 14.0 Å². The maximum atomic E-state index is 11.3. The van der Waals surface area contributed by atoms with E-state index in [4.69, 9.17) is 4.74 Å². The SMILES string of the molecule is C=CCOC(=O)c1nnn(C)c1C. The lowest BCUT2D eigenvalue weighted by Gasteiger charge is -1.98. The maximum Gasteiger partial charge on any atom is 0.361 e. The van der Waals surface area contributed by atoms with Gasteiger partial charge in [-0.2, -0.15) is 0 Å². The van der Waals surface area contributed by atoms with Crippen molar-refractivity contribution in [2.24, 2.45) is 7.05 Å². The fourth-order valence-corrected chi connectivity index (χ4v) is 0.796. The van der Waals surface area contributed by atoms with Gasteiger partial charge in [-0.3, -0.25) is 4.68 Å². The lowest BCUT2D eigenvalue weighted by atomic mass is 10.3. The molecule has 1 heterocycles. The van der Waals surface area contributed by atoms with E-state index in [9.17, 15) is 4.79 Å². The Balaban J connectivity index is 2.77. The maximum absolute atomic E-state index is 11.3. The smallest absolute Gasteiger partial charge is 0.361 e. The minimum atomic E-state index is -0.467. The summed E-state index contributed by atoms with van der Waals surface area (Å²) in [7, 11) is 1.71. The summed E-state index contributed by atoms with van der Waals surface area (Å²) >= 11 is 0. The Morgan fingerprint density at radius 3 is 2.92 bits per heavy atom. The van der Waals surface area contributed by atoms with Gasteiger partial charge in [0.2, 0.25) is 0 Å². The monoisotopic (exact) mass is 181 g/mol. The van der Waals surface area contributed by atoms with Crippen LogP contribution in [-0.4, -0.2) is 27.6 Å². The van der Waals surface area contributed by atoms with Gasteiger partial charge in [-0.05, 0) is 6.92 Å². The Morgan fingerprint density at radius 1 is 1.77 bits per heavy atom. The molecule has 0 saturated carbocycles. The van der Waals surface area contributed by atoms with Crippen LogP contribution < -0.4 is 0 Å². The fourth-order valence-electron chi connectivity index (χ4n) is 0.796. The van der Waals surface area contributed by atoms with Gasteiger partial charge in [-0.15, -0.1) is 5.10 Å². The van der Waals surface area contributed by atoms with Crippen molar-refractivity contribution < 1.29 is 9.53 Å². The highest BCUT2D eigenvalue weighted by atomic mass is 16.5. The molecule has 0 saturated heterocycles. The van der Waals surface area contributed by atoms with Crippen LogP contribution in [0, 0.1) is 6.92 Å². The fraction of sp³-hybridized carbons (Fsp3) is 0.375. The number of carbonyl (C=O) groups excluding carboxylic acids is 1. The van der Waals surface area contributed by atoms with Crippen LogP contribution in [0.15, 0.2) is 12.7 Å². The summed E-state index contributed by atoms with van der Waals surface area (Å²) < 4.78 is 6.32. The standard InChI is InChI=1S/C8H11N3O2/c1-4-5-13-8(12)7-6(2)11(3)10-9-7/h4H,1,5H2,2-3H3. The molecule has 0 bridgehead atoms. The van der Waals surface area contributed by atoms with Gasteiger partial charge < -0.3 is 4.74 Å². The lowest BCUT2D eigenvalue weighted by Crippen LogP contribution is -2.07. The van der Waals surface area contributed by atoms with E-state index in [1.807, 2.05) is 0 Å². The molecule has 5 heteroatoms. The molecule has 0 radical (unpaired) electrons. The summed E-state index contributed by atoms with van der Waals surface area (Å²) in [5.41, 5.74) is 0.943. The summed E-state index contributed by atoms with van der Waals surface area (Å²) in [6, 6.07) is 0. The molecule has 0 unspecified atom stereocenters. The number of carbonyl (C=O) groups is 1. The van der Waals surface area contributed by atoms with Crippen molar-refractivity contribution in [2.45, 2.75) is 6.92 Å². The number of aryl methyl sites for hydroxylation is 1. The highest BCUT2D eigenvalue weighted by Gasteiger charge is 2.15. The first-order valence-electron chi connectivity index (χ1n) is 3.81. The van der Waals surface area contributed by atoms with Crippen LogP contribution in [0.5, 0.6) is 0 Å². The summed E-state index contributed by atoms with van der Waals surface area (Å²) in [5, 5.41) is 7.36. The Bertz CT molecular complexity index is 330. The normalized spacial score (nSPS) is 9.69. The van der Waals surface area contributed by atoms with Crippen LogP contribution >= 0.6 is 0 Å². The molecule has 1 aromatic heterocycles. The molecule has 0 N–H and O–H groups in total. The van der Waals surface area contributed by atoms with Crippen molar-refractivity contribution in [1.82, 2.24) is 15.0 Å². The predicted octanol–water partition coefficient (Wildman–Crippen LogP) is 0.466. The van der Waals surface area contributed by atoms with Gasteiger partial charge in [-0.25, -0.2) is 4.79 Å². The summed E-state index contributed by atoms with van der Waals surface area (Å²) in [6.45, 7) is 5.38. The first-order valence-corrected chi connectivity index (χ1v) is 3.81. The number of aromatic nitrogens is 3. The van der Waals surface area contributed by atoms with Crippen LogP contribution in [0.2, 0.25) is 0 Å². The Hall–Kier alpha value is -1.65. The molecular formula is C8H11N3O2. The number of nitrogens with zero attached hydrogens (tertiary/aromatic N) is 3. The van der Waals surface area contributed by atoms with E-state index in [2.05, 4.69) is 16.9 Å². The average Bonchev–Trinajstić information content (AvgIpc) is 2.44. The molecule has 0 amide bonds. The zero-order valence-corrected chi connectivity index (χ0v) is 7.65. The third kappa shape index (κ3) is 1.93. The van der Waals surface area contributed by atoms with E-state index in [0.717, 1.165) is 0 Å². The second kappa shape index (κ2) is 3.84. The van der Waals surface area contributed by atoms with E-state index < -0.39 is 5.97 Å². The molecule has 70 valence electrons. The molecule has 0 aliphatic heterocycles. The molecule has 0 aromatic carbocycles. The highest BCUT2D eigenvalue weighted by Crippen LogP contribution is 2.03. The third-order valence-corrected chi connectivity index (χ3v) is 1.63. The molecule has 0 spiro atoms. The molecule has 1 aromatic rings. The van der Waals surface area contributed by atoms with E-state index >= 15 is 0 Å². The molecule has 0 aliphatic rings. The zero-order chi connectivity index (χ0) is 9.84. The minimum absolute atomic E-state index is 0.189. The van der Waals surface area contributed by atoms with E-state index in [-0.39, 0.29) is 12.3 Å². The van der Waals surface area contributed by atoms with Gasteiger partial charge in [0.15, 0.2) is 5.69 Å². The van der Waals surface area contributed by atoms with Crippen LogP contribution in [0.25, 0.3) is 0 Å². The molecular weight excluding hydrogens is 170 g/mol.